The molecule has 0 aliphatic carbocycles. The SMILES string of the molecule is COc1ccccc1-c1cc(=O)[nH]n1-c1ccc(C(=O)NNC(=O)CCl)cc1. The highest BCUT2D eigenvalue weighted by atomic mass is 35.5. The normalized spacial score (nSPS) is 10.4. The fourth-order valence-electron chi connectivity index (χ4n) is 2.64. The van der Waals surface area contributed by atoms with Crippen LogP contribution in [-0.4, -0.2) is 34.6 Å². The minimum Gasteiger partial charge on any atom is -0.496 e. The second-order valence-electron chi connectivity index (χ2n) is 5.72. The molecule has 1 aromatic heterocycles. The number of carbonyl (C=O) groups is 2. The fraction of sp³-hybridized carbons (Fsp3) is 0.105. The predicted octanol–water partition coefficient (Wildman–Crippen LogP) is 1.84. The third-order valence-electron chi connectivity index (χ3n) is 3.94. The lowest BCUT2D eigenvalue weighted by Crippen LogP contribution is -2.42. The Kier molecular flexibility index (Phi) is 5.81. The molecule has 3 aromatic rings. The maximum absolute atomic E-state index is 12.0. The first-order chi connectivity index (χ1) is 13.5. The van der Waals surface area contributed by atoms with E-state index in [2.05, 4.69) is 16.0 Å². The molecule has 28 heavy (non-hydrogen) atoms. The molecule has 144 valence electrons. The number of benzene rings is 2. The third-order valence-corrected chi connectivity index (χ3v) is 4.18. The van der Waals surface area contributed by atoms with Crippen LogP contribution in [0.2, 0.25) is 0 Å². The number of H-pyrrole nitrogens is 1. The summed E-state index contributed by atoms with van der Waals surface area (Å²) in [5, 5.41) is 2.74. The Morgan fingerprint density at radius 1 is 1.11 bits per heavy atom. The Balaban J connectivity index is 1.90. The van der Waals surface area contributed by atoms with Gasteiger partial charge in [0.1, 0.15) is 11.6 Å². The van der Waals surface area contributed by atoms with E-state index in [1.165, 1.54) is 6.07 Å². The molecule has 9 heteroatoms. The first-order valence-electron chi connectivity index (χ1n) is 8.24. The van der Waals surface area contributed by atoms with Gasteiger partial charge in [-0.2, -0.15) is 0 Å². The van der Waals surface area contributed by atoms with E-state index in [1.807, 2.05) is 18.2 Å². The number of hydrogen-bond donors (Lipinski definition) is 3. The molecule has 8 nitrogen and oxygen atoms in total. The Morgan fingerprint density at radius 3 is 2.50 bits per heavy atom. The fourth-order valence-corrected chi connectivity index (χ4v) is 2.71. The van der Waals surface area contributed by atoms with Crippen LogP contribution in [0.15, 0.2) is 59.4 Å². The second kappa shape index (κ2) is 8.45. The van der Waals surface area contributed by atoms with E-state index < -0.39 is 11.8 Å². The number of para-hydroxylation sites is 1. The summed E-state index contributed by atoms with van der Waals surface area (Å²) in [6, 6.07) is 15.3. The van der Waals surface area contributed by atoms with Gasteiger partial charge in [-0.1, -0.05) is 12.1 Å². The van der Waals surface area contributed by atoms with Gasteiger partial charge < -0.3 is 4.74 Å². The quantitative estimate of drug-likeness (QED) is 0.449. The smallest absolute Gasteiger partial charge is 0.269 e. The molecule has 0 saturated carbocycles. The molecule has 2 amide bonds. The number of aromatic nitrogens is 2. The highest BCUT2D eigenvalue weighted by Crippen LogP contribution is 2.30. The first kappa shape index (κ1) is 19.2. The van der Waals surface area contributed by atoms with Crippen molar-refractivity contribution in [1.82, 2.24) is 20.6 Å². The molecule has 0 fully saturated rings. The topological polar surface area (TPSA) is 105 Å². The second-order valence-corrected chi connectivity index (χ2v) is 5.99. The van der Waals surface area contributed by atoms with E-state index in [4.69, 9.17) is 16.3 Å². The van der Waals surface area contributed by atoms with Crippen LogP contribution in [0.1, 0.15) is 10.4 Å². The number of amides is 2. The lowest BCUT2D eigenvalue weighted by molar-refractivity contribution is -0.119. The van der Waals surface area contributed by atoms with Gasteiger partial charge in [-0.05, 0) is 36.4 Å². The average molecular weight is 401 g/mol. The number of alkyl halides is 1. The predicted molar refractivity (Wildman–Crippen MR) is 105 cm³/mol. The minimum absolute atomic E-state index is 0.258. The van der Waals surface area contributed by atoms with E-state index >= 15 is 0 Å². The van der Waals surface area contributed by atoms with E-state index in [-0.39, 0.29) is 11.4 Å². The number of carbonyl (C=O) groups excluding carboxylic acids is 2. The monoisotopic (exact) mass is 400 g/mol. The Bertz CT molecular complexity index is 1060. The van der Waals surface area contributed by atoms with Gasteiger partial charge in [-0.3, -0.25) is 35.0 Å². The molecule has 0 spiro atoms. The van der Waals surface area contributed by atoms with E-state index in [0.29, 0.717) is 22.7 Å². The zero-order valence-electron chi connectivity index (χ0n) is 14.9. The Hall–Kier alpha value is -3.52. The highest BCUT2D eigenvalue weighted by molar-refractivity contribution is 6.27. The van der Waals surface area contributed by atoms with E-state index in [0.717, 1.165) is 5.56 Å². The number of hydrogen-bond acceptors (Lipinski definition) is 4. The van der Waals surface area contributed by atoms with Crippen LogP contribution in [0.4, 0.5) is 0 Å². The molecule has 0 bridgehead atoms. The minimum atomic E-state index is -0.516. The number of hydrazine groups is 1. The first-order valence-corrected chi connectivity index (χ1v) is 8.78. The zero-order valence-corrected chi connectivity index (χ0v) is 15.6. The number of aromatic amines is 1. The zero-order chi connectivity index (χ0) is 20.1. The summed E-state index contributed by atoms with van der Waals surface area (Å²) >= 11 is 5.35. The lowest BCUT2D eigenvalue weighted by Gasteiger charge is -2.12. The summed E-state index contributed by atoms with van der Waals surface area (Å²) in [5.41, 5.74) is 6.51. The van der Waals surface area contributed by atoms with Gasteiger partial charge in [-0.25, -0.2) is 0 Å². The molecule has 0 aliphatic heterocycles. The van der Waals surface area contributed by atoms with Crippen molar-refractivity contribution >= 4 is 23.4 Å². The average Bonchev–Trinajstić information content (AvgIpc) is 3.13. The lowest BCUT2D eigenvalue weighted by atomic mass is 10.1. The molecule has 0 unspecified atom stereocenters. The van der Waals surface area contributed by atoms with Crippen molar-refractivity contribution in [3.63, 3.8) is 0 Å². The molecule has 3 rings (SSSR count). The highest BCUT2D eigenvalue weighted by Gasteiger charge is 2.14. The van der Waals surface area contributed by atoms with Crippen LogP contribution in [0.5, 0.6) is 5.75 Å². The van der Waals surface area contributed by atoms with Gasteiger partial charge >= 0.3 is 0 Å². The number of nitrogens with zero attached hydrogens (tertiary/aromatic N) is 1. The Morgan fingerprint density at radius 2 is 1.82 bits per heavy atom. The van der Waals surface area contributed by atoms with Gasteiger partial charge in [0.2, 0.25) is 0 Å². The van der Waals surface area contributed by atoms with Crippen molar-refractivity contribution in [2.75, 3.05) is 13.0 Å². The molecule has 0 radical (unpaired) electrons. The number of rotatable bonds is 5. The molecule has 0 aliphatic rings. The van der Waals surface area contributed by atoms with E-state index in [9.17, 15) is 14.4 Å². The summed E-state index contributed by atoms with van der Waals surface area (Å²) in [5.74, 6) is -0.637. The van der Waals surface area contributed by atoms with Gasteiger partial charge in [0.05, 0.1) is 18.5 Å². The van der Waals surface area contributed by atoms with Crippen LogP contribution >= 0.6 is 11.6 Å². The summed E-state index contributed by atoms with van der Waals surface area (Å²) in [4.78, 5) is 35.1. The molecule has 3 N–H and O–H groups in total. The van der Waals surface area contributed by atoms with Crippen molar-refractivity contribution < 1.29 is 14.3 Å². The maximum atomic E-state index is 12.0. The summed E-state index contributed by atoms with van der Waals surface area (Å²) in [6.45, 7) is 0. The van der Waals surface area contributed by atoms with Crippen LogP contribution in [0, 0.1) is 0 Å². The summed E-state index contributed by atoms with van der Waals surface area (Å²) in [7, 11) is 1.56. The van der Waals surface area contributed by atoms with Crippen LogP contribution in [-0.2, 0) is 4.79 Å². The molecule has 1 heterocycles. The largest absolute Gasteiger partial charge is 0.496 e. The number of ether oxygens (including phenoxy) is 1. The molecular weight excluding hydrogens is 384 g/mol. The van der Waals surface area contributed by atoms with Crippen LogP contribution in [0.3, 0.4) is 0 Å². The van der Waals surface area contributed by atoms with Crippen molar-refractivity contribution in [1.29, 1.82) is 0 Å². The third kappa shape index (κ3) is 4.07. The molecule has 2 aromatic carbocycles. The van der Waals surface area contributed by atoms with Gasteiger partial charge in [0, 0.05) is 17.2 Å². The standard InChI is InChI=1S/C19H17ClN4O4/c1-28-16-5-3-2-4-14(16)15-10-17(25)23-24(15)13-8-6-12(7-9-13)19(27)22-21-18(26)11-20/h2-10H,11H2,1H3,(H,21,26)(H,22,27)(H,23,25). The van der Waals surface area contributed by atoms with Crippen molar-refractivity contribution in [2.45, 2.75) is 0 Å². The molecule has 0 atom stereocenters. The Labute approximate surface area is 165 Å². The van der Waals surface area contributed by atoms with Crippen LogP contribution in [0.25, 0.3) is 16.9 Å². The van der Waals surface area contributed by atoms with Gasteiger partial charge in [0.15, 0.2) is 0 Å². The van der Waals surface area contributed by atoms with Crippen LogP contribution < -0.4 is 21.1 Å². The van der Waals surface area contributed by atoms with Crippen molar-refractivity contribution in [3.05, 3.63) is 70.5 Å². The van der Waals surface area contributed by atoms with Gasteiger partial charge in [-0.15, -0.1) is 11.6 Å². The summed E-state index contributed by atoms with van der Waals surface area (Å²) < 4.78 is 6.99. The van der Waals surface area contributed by atoms with Crippen molar-refractivity contribution in [2.24, 2.45) is 0 Å². The molecule has 0 saturated heterocycles. The van der Waals surface area contributed by atoms with E-state index in [1.54, 1.807) is 42.1 Å². The number of nitrogens with one attached hydrogen (secondary N) is 3. The van der Waals surface area contributed by atoms with Crippen molar-refractivity contribution in [3.8, 4) is 22.7 Å². The molecular formula is C19H17ClN4O4. The van der Waals surface area contributed by atoms with Gasteiger partial charge in [0.25, 0.3) is 17.4 Å². The number of methoxy groups -OCH3 is 1. The summed E-state index contributed by atoms with van der Waals surface area (Å²) in [6.07, 6.45) is 0. The maximum Gasteiger partial charge on any atom is 0.269 e. The number of halogens is 1.